The van der Waals surface area contributed by atoms with E-state index in [0.717, 1.165) is 6.54 Å². The van der Waals surface area contributed by atoms with Crippen LogP contribution in [0.15, 0.2) is 0 Å². The van der Waals surface area contributed by atoms with Crippen LogP contribution in [0.4, 0.5) is 0 Å². The van der Waals surface area contributed by atoms with E-state index < -0.39 is 0 Å². The predicted octanol–water partition coefficient (Wildman–Crippen LogP) is 2.74. The lowest BCUT2D eigenvalue weighted by molar-refractivity contribution is 0.0826. The summed E-state index contributed by atoms with van der Waals surface area (Å²) in [7, 11) is 0. The highest BCUT2D eigenvalue weighted by atomic mass is 15.3. The van der Waals surface area contributed by atoms with Gasteiger partial charge in [0.2, 0.25) is 0 Å². The van der Waals surface area contributed by atoms with Crippen molar-refractivity contribution in [3.63, 3.8) is 0 Å². The number of hydrogen-bond acceptors (Lipinski definition) is 6. The molecule has 0 saturated carbocycles. The van der Waals surface area contributed by atoms with Crippen LogP contribution in [0, 0.1) is 0 Å². The van der Waals surface area contributed by atoms with Gasteiger partial charge in [-0.1, -0.05) is 13.3 Å². The summed E-state index contributed by atoms with van der Waals surface area (Å²) >= 11 is 0. The van der Waals surface area contributed by atoms with E-state index >= 15 is 0 Å². The molecular weight excluding hydrogens is 408 g/mol. The molecule has 0 aromatic carbocycles. The number of hydrogen-bond donors (Lipinski definition) is 3. The topological polar surface area (TPSA) is 45.8 Å². The van der Waals surface area contributed by atoms with Gasteiger partial charge in [0.1, 0.15) is 0 Å². The Kier molecular flexibility index (Phi) is 10.9. The molecule has 3 aliphatic rings. The summed E-state index contributed by atoms with van der Waals surface area (Å²) in [6, 6.07) is 5.11. The molecule has 3 saturated heterocycles. The Labute approximate surface area is 205 Å². The van der Waals surface area contributed by atoms with Crippen LogP contribution in [0.2, 0.25) is 0 Å². The molecule has 0 bridgehead atoms. The van der Waals surface area contributed by atoms with Crippen molar-refractivity contribution in [3.05, 3.63) is 0 Å². The molecule has 0 radical (unpaired) electrons. The molecule has 0 spiro atoms. The van der Waals surface area contributed by atoms with Gasteiger partial charge in [-0.15, -0.1) is 0 Å². The Hall–Kier alpha value is -0.240. The molecule has 3 heterocycles. The van der Waals surface area contributed by atoms with Gasteiger partial charge in [-0.2, -0.15) is 0 Å². The van der Waals surface area contributed by atoms with Gasteiger partial charge in [0.25, 0.3) is 0 Å². The summed E-state index contributed by atoms with van der Waals surface area (Å²) in [5, 5.41) is 11.4. The van der Waals surface area contributed by atoms with Gasteiger partial charge < -0.3 is 16.0 Å². The fourth-order valence-electron chi connectivity index (χ4n) is 6.48. The van der Waals surface area contributed by atoms with E-state index in [0.29, 0.717) is 48.3 Å². The SMILES string of the molecule is CCC1CN([C@H](C)CCC[C@H]2CN(C(C)C)CC(C[C@H](C)N3CC(C)NC(C)C3)N2)CCN1. The van der Waals surface area contributed by atoms with E-state index in [1.807, 2.05) is 0 Å². The van der Waals surface area contributed by atoms with Gasteiger partial charge in [-0.25, -0.2) is 0 Å². The zero-order valence-electron chi connectivity index (χ0n) is 22.9. The predicted molar refractivity (Wildman–Crippen MR) is 142 cm³/mol. The lowest BCUT2D eigenvalue weighted by atomic mass is 9.96. The van der Waals surface area contributed by atoms with E-state index in [4.69, 9.17) is 0 Å². The van der Waals surface area contributed by atoms with Crippen molar-refractivity contribution < 1.29 is 0 Å². The summed E-state index contributed by atoms with van der Waals surface area (Å²) in [5.41, 5.74) is 0. The van der Waals surface area contributed by atoms with E-state index in [2.05, 4.69) is 79.1 Å². The van der Waals surface area contributed by atoms with Crippen LogP contribution in [0.25, 0.3) is 0 Å². The molecule has 6 heteroatoms. The highest BCUT2D eigenvalue weighted by Gasteiger charge is 2.32. The third-order valence-corrected chi connectivity index (χ3v) is 8.52. The molecule has 3 aliphatic heterocycles. The third-order valence-electron chi connectivity index (χ3n) is 8.52. The van der Waals surface area contributed by atoms with Crippen molar-refractivity contribution in [3.8, 4) is 0 Å². The lowest BCUT2D eigenvalue weighted by Gasteiger charge is -2.45. The minimum Gasteiger partial charge on any atom is -0.311 e. The summed E-state index contributed by atoms with van der Waals surface area (Å²) in [4.78, 5) is 8.17. The number of nitrogens with one attached hydrogen (secondary N) is 3. The summed E-state index contributed by atoms with van der Waals surface area (Å²) < 4.78 is 0. The van der Waals surface area contributed by atoms with Crippen LogP contribution >= 0.6 is 0 Å². The number of nitrogens with zero attached hydrogens (tertiary/aromatic N) is 3. The first-order chi connectivity index (χ1) is 15.7. The smallest absolute Gasteiger partial charge is 0.0213 e. The number of rotatable bonds is 10. The maximum atomic E-state index is 4.09. The molecule has 194 valence electrons. The van der Waals surface area contributed by atoms with E-state index in [1.165, 1.54) is 71.4 Å². The molecule has 0 amide bonds. The second-order valence-electron chi connectivity index (χ2n) is 11.9. The molecule has 0 aromatic rings. The van der Waals surface area contributed by atoms with Crippen LogP contribution in [0.3, 0.4) is 0 Å². The molecule has 7 atom stereocenters. The van der Waals surface area contributed by atoms with E-state index in [1.54, 1.807) is 0 Å². The maximum absolute atomic E-state index is 4.09. The molecule has 33 heavy (non-hydrogen) atoms. The van der Waals surface area contributed by atoms with Crippen molar-refractivity contribution in [1.29, 1.82) is 0 Å². The lowest BCUT2D eigenvalue weighted by Crippen LogP contribution is -2.61. The van der Waals surface area contributed by atoms with Gasteiger partial charge in [-0.05, 0) is 67.2 Å². The van der Waals surface area contributed by atoms with E-state index in [9.17, 15) is 0 Å². The minimum atomic E-state index is 0.598. The second kappa shape index (κ2) is 13.2. The monoisotopic (exact) mass is 464 g/mol. The zero-order valence-corrected chi connectivity index (χ0v) is 22.9. The first-order valence-corrected chi connectivity index (χ1v) is 14.2. The zero-order chi connectivity index (χ0) is 24.0. The summed E-state index contributed by atoms with van der Waals surface area (Å²) in [5.74, 6) is 0. The normalized spacial score (nSPS) is 35.1. The highest BCUT2D eigenvalue weighted by Crippen LogP contribution is 2.20. The van der Waals surface area contributed by atoms with Crippen LogP contribution in [-0.2, 0) is 0 Å². The second-order valence-corrected chi connectivity index (χ2v) is 11.9. The molecule has 0 aromatic heterocycles. The average Bonchev–Trinajstić information content (AvgIpc) is 2.78. The molecule has 3 fully saturated rings. The maximum Gasteiger partial charge on any atom is 0.0213 e. The Morgan fingerprint density at radius 3 is 2.09 bits per heavy atom. The molecule has 6 nitrogen and oxygen atoms in total. The largest absolute Gasteiger partial charge is 0.311 e. The Bertz CT molecular complexity index is 547. The molecule has 4 unspecified atom stereocenters. The van der Waals surface area contributed by atoms with Crippen LogP contribution in [-0.4, -0.2) is 109 Å². The fourth-order valence-corrected chi connectivity index (χ4v) is 6.48. The van der Waals surface area contributed by atoms with Crippen molar-refractivity contribution >= 4 is 0 Å². The van der Waals surface area contributed by atoms with Crippen molar-refractivity contribution in [2.24, 2.45) is 0 Å². The number of piperazine rings is 3. The van der Waals surface area contributed by atoms with Crippen molar-refractivity contribution in [2.45, 2.75) is 129 Å². The summed E-state index contributed by atoms with van der Waals surface area (Å²) in [6.45, 7) is 25.0. The Morgan fingerprint density at radius 1 is 0.758 bits per heavy atom. The fraction of sp³-hybridized carbons (Fsp3) is 1.00. The average molecular weight is 465 g/mol. The van der Waals surface area contributed by atoms with Gasteiger partial charge in [0, 0.05) is 94.1 Å². The van der Waals surface area contributed by atoms with Crippen LogP contribution < -0.4 is 16.0 Å². The molecule has 0 aliphatic carbocycles. The molecule has 3 rings (SSSR count). The van der Waals surface area contributed by atoms with Gasteiger partial charge in [-0.3, -0.25) is 14.7 Å². The van der Waals surface area contributed by atoms with Gasteiger partial charge >= 0.3 is 0 Å². The Morgan fingerprint density at radius 2 is 1.42 bits per heavy atom. The van der Waals surface area contributed by atoms with E-state index in [-0.39, 0.29) is 0 Å². The van der Waals surface area contributed by atoms with Gasteiger partial charge in [0.05, 0.1) is 0 Å². The first-order valence-electron chi connectivity index (χ1n) is 14.2. The Balaban J connectivity index is 1.47. The highest BCUT2D eigenvalue weighted by molar-refractivity contribution is 4.92. The van der Waals surface area contributed by atoms with Crippen LogP contribution in [0.1, 0.15) is 80.6 Å². The standard InChI is InChI=1S/C27H56N6/c1-8-25-17-31(13-12-28-25)23(6)10-9-11-26-18-32(20(2)3)19-27(30-26)14-24(7)33-15-21(4)29-22(5)16-33/h20-30H,8-19H2,1-7H3/t21?,22?,23-,24+,25?,26+,27?/m1/s1. The van der Waals surface area contributed by atoms with Crippen molar-refractivity contribution in [2.75, 3.05) is 45.8 Å². The molecule has 3 N–H and O–H groups in total. The minimum absolute atomic E-state index is 0.598. The van der Waals surface area contributed by atoms with Crippen LogP contribution in [0.5, 0.6) is 0 Å². The third kappa shape index (κ3) is 8.43. The molecular formula is C27H56N6. The van der Waals surface area contributed by atoms with Crippen molar-refractivity contribution in [1.82, 2.24) is 30.7 Å². The van der Waals surface area contributed by atoms with Gasteiger partial charge in [0.15, 0.2) is 0 Å². The quantitative estimate of drug-likeness (QED) is 0.462. The summed E-state index contributed by atoms with van der Waals surface area (Å²) in [6.07, 6.45) is 6.47. The first kappa shape index (κ1) is 27.3.